The summed E-state index contributed by atoms with van der Waals surface area (Å²) in [7, 11) is 0. The van der Waals surface area contributed by atoms with Gasteiger partial charge in [0.25, 0.3) is 0 Å². The molecule has 2 aliphatic rings. The van der Waals surface area contributed by atoms with Gasteiger partial charge in [-0.25, -0.2) is 0 Å². The van der Waals surface area contributed by atoms with Gasteiger partial charge in [0.1, 0.15) is 0 Å². The van der Waals surface area contributed by atoms with E-state index in [-0.39, 0.29) is 0 Å². The van der Waals surface area contributed by atoms with Gasteiger partial charge in [0.05, 0.1) is 13.2 Å². The summed E-state index contributed by atoms with van der Waals surface area (Å²) >= 11 is 3.58. The normalized spacial score (nSPS) is 21.5. The predicted octanol–water partition coefficient (Wildman–Crippen LogP) is 3.88. The average Bonchev–Trinajstić information content (AvgIpc) is 2.65. The Morgan fingerprint density at radius 2 is 2.18 bits per heavy atom. The Balaban J connectivity index is 2.04. The summed E-state index contributed by atoms with van der Waals surface area (Å²) in [5, 5.41) is 1.39. The van der Waals surface area contributed by atoms with Crippen LogP contribution in [0.4, 0.5) is 0 Å². The van der Waals surface area contributed by atoms with Crippen molar-refractivity contribution < 1.29 is 4.74 Å². The predicted molar refractivity (Wildman–Crippen MR) is 71.2 cm³/mol. The topological polar surface area (TPSA) is 25.0 Å². The molecule has 3 heteroatoms. The number of benzene rings is 1. The van der Waals surface area contributed by atoms with Crippen LogP contribution in [0.2, 0.25) is 0 Å². The minimum Gasteiger partial charge on any atom is -0.374 e. The Morgan fingerprint density at radius 1 is 1.29 bits per heavy atom. The largest absolute Gasteiger partial charge is 0.374 e. The van der Waals surface area contributed by atoms with Crippen LogP contribution in [0.25, 0.3) is 10.9 Å². The van der Waals surface area contributed by atoms with Crippen LogP contribution >= 0.6 is 15.9 Å². The molecule has 0 amide bonds. The molecule has 88 valence electrons. The van der Waals surface area contributed by atoms with Crippen LogP contribution in [0.3, 0.4) is 0 Å². The molecular formula is C14H14BrNO. The SMILES string of the molecule is Brc1ccc2[nH]c3c(c2c1)C1(CCC1)COC3. The summed E-state index contributed by atoms with van der Waals surface area (Å²) < 4.78 is 6.93. The highest BCUT2D eigenvalue weighted by Gasteiger charge is 2.44. The lowest BCUT2D eigenvalue weighted by Crippen LogP contribution is -2.42. The lowest BCUT2D eigenvalue weighted by molar-refractivity contribution is 0.0156. The van der Waals surface area contributed by atoms with Crippen molar-refractivity contribution in [1.29, 1.82) is 0 Å². The van der Waals surface area contributed by atoms with E-state index in [0.717, 1.165) is 17.7 Å². The quantitative estimate of drug-likeness (QED) is 0.783. The van der Waals surface area contributed by atoms with Crippen LogP contribution < -0.4 is 0 Å². The van der Waals surface area contributed by atoms with Gasteiger partial charge in [-0.2, -0.15) is 0 Å². The minimum atomic E-state index is 0.312. The van der Waals surface area contributed by atoms with Gasteiger partial charge in [0.15, 0.2) is 0 Å². The van der Waals surface area contributed by atoms with E-state index in [4.69, 9.17) is 4.74 Å². The first-order valence-corrected chi connectivity index (χ1v) is 6.96. The number of H-pyrrole nitrogens is 1. The first kappa shape index (κ1) is 10.2. The summed E-state index contributed by atoms with van der Waals surface area (Å²) in [6.07, 6.45) is 3.89. The zero-order chi connectivity index (χ0) is 11.5. The van der Waals surface area contributed by atoms with Crippen LogP contribution in [-0.2, 0) is 16.8 Å². The third-order valence-electron chi connectivity index (χ3n) is 4.30. The maximum absolute atomic E-state index is 5.77. The smallest absolute Gasteiger partial charge is 0.0869 e. The fourth-order valence-corrected chi connectivity index (χ4v) is 3.71. The zero-order valence-corrected chi connectivity index (χ0v) is 11.1. The molecule has 0 saturated heterocycles. The van der Waals surface area contributed by atoms with Gasteiger partial charge < -0.3 is 9.72 Å². The summed E-state index contributed by atoms with van der Waals surface area (Å²) in [5.74, 6) is 0. The summed E-state index contributed by atoms with van der Waals surface area (Å²) in [5.41, 5.74) is 4.39. The molecular weight excluding hydrogens is 278 g/mol. The maximum atomic E-state index is 5.77. The molecule has 2 aromatic rings. The zero-order valence-electron chi connectivity index (χ0n) is 9.55. The molecule has 2 heterocycles. The van der Waals surface area contributed by atoms with Crippen molar-refractivity contribution in [3.8, 4) is 0 Å². The Hall–Kier alpha value is -0.800. The molecule has 1 saturated carbocycles. The van der Waals surface area contributed by atoms with E-state index in [1.54, 1.807) is 0 Å². The van der Waals surface area contributed by atoms with Gasteiger partial charge >= 0.3 is 0 Å². The molecule has 0 radical (unpaired) electrons. The van der Waals surface area contributed by atoms with Crippen molar-refractivity contribution in [3.63, 3.8) is 0 Å². The molecule has 1 fully saturated rings. The Kier molecular flexibility index (Phi) is 2.01. The number of ether oxygens (including phenoxy) is 1. The molecule has 1 aliphatic heterocycles. The fraction of sp³-hybridized carbons (Fsp3) is 0.429. The minimum absolute atomic E-state index is 0.312. The molecule has 1 N–H and O–H groups in total. The summed E-state index contributed by atoms with van der Waals surface area (Å²) in [4.78, 5) is 3.52. The molecule has 0 bridgehead atoms. The van der Waals surface area contributed by atoms with Crippen molar-refractivity contribution in [1.82, 2.24) is 4.98 Å². The highest BCUT2D eigenvalue weighted by molar-refractivity contribution is 9.10. The molecule has 1 aliphatic carbocycles. The second-order valence-electron chi connectivity index (χ2n) is 5.30. The first-order valence-electron chi connectivity index (χ1n) is 6.17. The number of hydrogen-bond donors (Lipinski definition) is 1. The van der Waals surface area contributed by atoms with Crippen molar-refractivity contribution in [3.05, 3.63) is 33.9 Å². The van der Waals surface area contributed by atoms with Crippen LogP contribution in [0.15, 0.2) is 22.7 Å². The number of halogens is 1. The van der Waals surface area contributed by atoms with Crippen LogP contribution in [0.5, 0.6) is 0 Å². The first-order chi connectivity index (χ1) is 8.28. The number of rotatable bonds is 0. The van der Waals surface area contributed by atoms with Crippen molar-refractivity contribution in [2.24, 2.45) is 0 Å². The van der Waals surface area contributed by atoms with Gasteiger partial charge in [-0.15, -0.1) is 0 Å². The maximum Gasteiger partial charge on any atom is 0.0869 e. The molecule has 4 rings (SSSR count). The van der Waals surface area contributed by atoms with Gasteiger partial charge in [-0.1, -0.05) is 22.4 Å². The Bertz CT molecular complexity index is 598. The van der Waals surface area contributed by atoms with E-state index in [1.807, 2.05) is 0 Å². The third kappa shape index (κ3) is 1.30. The van der Waals surface area contributed by atoms with E-state index in [2.05, 4.69) is 39.1 Å². The monoisotopic (exact) mass is 291 g/mol. The molecule has 0 atom stereocenters. The Labute approximate surface area is 108 Å². The van der Waals surface area contributed by atoms with Crippen molar-refractivity contribution in [2.75, 3.05) is 6.61 Å². The number of aromatic amines is 1. The average molecular weight is 292 g/mol. The molecule has 1 aromatic heterocycles. The highest BCUT2D eigenvalue weighted by Crippen LogP contribution is 2.50. The van der Waals surface area contributed by atoms with Crippen molar-refractivity contribution >= 4 is 26.8 Å². The van der Waals surface area contributed by atoms with E-state index in [1.165, 1.54) is 41.4 Å². The molecule has 1 aromatic carbocycles. The van der Waals surface area contributed by atoms with E-state index in [9.17, 15) is 0 Å². The van der Waals surface area contributed by atoms with Gasteiger partial charge in [-0.3, -0.25) is 0 Å². The lowest BCUT2D eigenvalue weighted by atomic mass is 9.63. The van der Waals surface area contributed by atoms with Crippen LogP contribution in [-0.4, -0.2) is 11.6 Å². The second-order valence-corrected chi connectivity index (χ2v) is 6.21. The lowest BCUT2D eigenvalue weighted by Gasteiger charge is -2.44. The van der Waals surface area contributed by atoms with E-state index in [0.29, 0.717) is 5.41 Å². The van der Waals surface area contributed by atoms with Crippen LogP contribution in [0, 0.1) is 0 Å². The number of nitrogens with one attached hydrogen (secondary N) is 1. The van der Waals surface area contributed by atoms with Crippen LogP contribution in [0.1, 0.15) is 30.5 Å². The van der Waals surface area contributed by atoms with E-state index < -0.39 is 0 Å². The molecule has 17 heavy (non-hydrogen) atoms. The van der Waals surface area contributed by atoms with Gasteiger partial charge in [0, 0.05) is 26.5 Å². The fourth-order valence-electron chi connectivity index (χ4n) is 3.35. The number of fused-ring (bicyclic) bond motifs is 4. The van der Waals surface area contributed by atoms with Gasteiger partial charge in [0.2, 0.25) is 0 Å². The Morgan fingerprint density at radius 3 is 2.94 bits per heavy atom. The summed E-state index contributed by atoms with van der Waals surface area (Å²) in [6.45, 7) is 1.64. The van der Waals surface area contributed by atoms with Crippen molar-refractivity contribution in [2.45, 2.75) is 31.3 Å². The standard InChI is InChI=1S/C14H14BrNO/c15-9-2-3-11-10(6-9)13-12(16-11)7-17-8-14(13)4-1-5-14/h2-3,6,16H,1,4-5,7-8H2. The summed E-state index contributed by atoms with van der Waals surface area (Å²) in [6, 6.07) is 6.50. The molecule has 2 nitrogen and oxygen atoms in total. The molecule has 0 unspecified atom stereocenters. The number of aromatic nitrogens is 1. The van der Waals surface area contributed by atoms with Gasteiger partial charge in [-0.05, 0) is 36.6 Å². The third-order valence-corrected chi connectivity index (χ3v) is 4.80. The van der Waals surface area contributed by atoms with E-state index >= 15 is 0 Å². The number of hydrogen-bond acceptors (Lipinski definition) is 1. The second kappa shape index (κ2) is 3.36. The molecule has 1 spiro atoms. The highest BCUT2D eigenvalue weighted by atomic mass is 79.9.